The predicted octanol–water partition coefficient (Wildman–Crippen LogP) is 5.28. The molecule has 3 aromatic carbocycles. The highest BCUT2D eigenvalue weighted by atomic mass is 79.9. The van der Waals surface area contributed by atoms with Crippen LogP contribution in [0.5, 0.6) is 5.75 Å². The van der Waals surface area contributed by atoms with E-state index in [1.54, 1.807) is 7.11 Å². The normalized spacial score (nSPS) is 10.6. The summed E-state index contributed by atoms with van der Waals surface area (Å²) in [5.41, 5.74) is 2.30. The van der Waals surface area contributed by atoms with Crippen LogP contribution in [-0.2, 0) is 0 Å². The molecule has 1 nitrogen and oxygen atoms in total. The van der Waals surface area contributed by atoms with Gasteiger partial charge in [-0.15, -0.1) is 0 Å². The van der Waals surface area contributed by atoms with Crippen LogP contribution < -0.4 is 4.74 Å². The molecule has 0 aliphatic heterocycles. The van der Waals surface area contributed by atoms with Crippen LogP contribution in [-0.4, -0.2) is 7.11 Å². The SMILES string of the molecule is COc1ccccc1-c1cccc2cccc(Br)c12. The summed E-state index contributed by atoms with van der Waals surface area (Å²) in [6.07, 6.45) is 0. The van der Waals surface area contributed by atoms with Gasteiger partial charge in [0, 0.05) is 15.4 Å². The lowest BCUT2D eigenvalue weighted by Crippen LogP contribution is -1.88. The minimum absolute atomic E-state index is 0.894. The minimum atomic E-state index is 0.894. The minimum Gasteiger partial charge on any atom is -0.496 e. The van der Waals surface area contributed by atoms with Gasteiger partial charge in [-0.3, -0.25) is 0 Å². The molecule has 94 valence electrons. The molecule has 0 saturated carbocycles. The third-order valence-electron chi connectivity index (χ3n) is 3.25. The maximum atomic E-state index is 5.47. The number of ether oxygens (including phenoxy) is 1. The summed E-state index contributed by atoms with van der Waals surface area (Å²) in [7, 11) is 1.71. The molecule has 0 aromatic heterocycles. The molecule has 0 spiro atoms. The third kappa shape index (κ3) is 2.13. The molecule has 2 heteroatoms. The summed E-state index contributed by atoms with van der Waals surface area (Å²) in [6, 6.07) is 20.7. The first-order chi connectivity index (χ1) is 9.31. The largest absolute Gasteiger partial charge is 0.496 e. The smallest absolute Gasteiger partial charge is 0.126 e. The number of benzene rings is 3. The van der Waals surface area contributed by atoms with Gasteiger partial charge in [-0.05, 0) is 23.1 Å². The summed E-state index contributed by atoms with van der Waals surface area (Å²) in [6.45, 7) is 0. The fourth-order valence-corrected chi connectivity index (χ4v) is 2.98. The van der Waals surface area contributed by atoms with Gasteiger partial charge in [0.2, 0.25) is 0 Å². The van der Waals surface area contributed by atoms with E-state index < -0.39 is 0 Å². The monoisotopic (exact) mass is 312 g/mol. The summed E-state index contributed by atoms with van der Waals surface area (Å²) in [5.74, 6) is 0.894. The molecular formula is C17H13BrO. The quantitative estimate of drug-likeness (QED) is 0.625. The second-order valence-electron chi connectivity index (χ2n) is 4.34. The van der Waals surface area contributed by atoms with Gasteiger partial charge in [0.25, 0.3) is 0 Å². The lowest BCUT2D eigenvalue weighted by molar-refractivity contribution is 0.416. The Morgan fingerprint density at radius 3 is 2.26 bits per heavy atom. The van der Waals surface area contributed by atoms with Gasteiger partial charge in [0.15, 0.2) is 0 Å². The summed E-state index contributed by atoms with van der Waals surface area (Å²) in [5, 5.41) is 2.44. The Morgan fingerprint density at radius 1 is 0.789 bits per heavy atom. The topological polar surface area (TPSA) is 9.23 Å². The van der Waals surface area contributed by atoms with Crippen molar-refractivity contribution in [3.05, 3.63) is 65.1 Å². The van der Waals surface area contributed by atoms with Crippen LogP contribution in [0.2, 0.25) is 0 Å². The van der Waals surface area contributed by atoms with Crippen LogP contribution in [0.4, 0.5) is 0 Å². The van der Waals surface area contributed by atoms with E-state index in [-0.39, 0.29) is 0 Å². The van der Waals surface area contributed by atoms with Gasteiger partial charge in [0.1, 0.15) is 5.75 Å². The van der Waals surface area contributed by atoms with Crippen molar-refractivity contribution in [2.24, 2.45) is 0 Å². The van der Waals surface area contributed by atoms with Crippen LogP contribution >= 0.6 is 15.9 Å². The molecule has 3 rings (SSSR count). The Bertz CT molecular complexity index is 729. The molecule has 0 unspecified atom stereocenters. The van der Waals surface area contributed by atoms with Gasteiger partial charge in [-0.25, -0.2) is 0 Å². The fraction of sp³-hybridized carbons (Fsp3) is 0.0588. The zero-order chi connectivity index (χ0) is 13.2. The Kier molecular flexibility index (Phi) is 3.26. The van der Waals surface area contributed by atoms with E-state index in [9.17, 15) is 0 Å². The average Bonchev–Trinajstić information content (AvgIpc) is 2.47. The van der Waals surface area contributed by atoms with Crippen LogP contribution in [0, 0.1) is 0 Å². The Balaban J connectivity index is 2.37. The zero-order valence-corrected chi connectivity index (χ0v) is 12.1. The molecule has 0 fully saturated rings. The van der Waals surface area contributed by atoms with E-state index in [4.69, 9.17) is 4.74 Å². The molecule has 0 aliphatic rings. The number of hydrogen-bond acceptors (Lipinski definition) is 1. The molecule has 0 heterocycles. The Labute approximate surface area is 121 Å². The maximum Gasteiger partial charge on any atom is 0.126 e. The van der Waals surface area contributed by atoms with E-state index in [1.807, 2.05) is 18.2 Å². The lowest BCUT2D eigenvalue weighted by Gasteiger charge is -2.12. The molecule has 0 N–H and O–H groups in total. The Morgan fingerprint density at radius 2 is 1.47 bits per heavy atom. The van der Waals surface area contributed by atoms with Gasteiger partial charge in [0.05, 0.1) is 7.11 Å². The number of hydrogen-bond donors (Lipinski definition) is 0. The van der Waals surface area contributed by atoms with Crippen molar-refractivity contribution in [3.8, 4) is 16.9 Å². The van der Waals surface area contributed by atoms with Crippen molar-refractivity contribution in [1.29, 1.82) is 0 Å². The molecule has 0 radical (unpaired) electrons. The molecule has 19 heavy (non-hydrogen) atoms. The molecular weight excluding hydrogens is 300 g/mol. The second kappa shape index (κ2) is 5.06. The summed E-state index contributed by atoms with van der Waals surface area (Å²) >= 11 is 3.65. The van der Waals surface area contributed by atoms with Gasteiger partial charge >= 0.3 is 0 Å². The number of fused-ring (bicyclic) bond motifs is 1. The highest BCUT2D eigenvalue weighted by Crippen LogP contribution is 2.37. The van der Waals surface area contributed by atoms with E-state index in [2.05, 4.69) is 58.4 Å². The fourth-order valence-electron chi connectivity index (χ4n) is 2.39. The van der Waals surface area contributed by atoms with E-state index in [0.717, 1.165) is 15.8 Å². The van der Waals surface area contributed by atoms with Crippen LogP contribution in [0.3, 0.4) is 0 Å². The van der Waals surface area contributed by atoms with Gasteiger partial charge in [-0.1, -0.05) is 64.5 Å². The summed E-state index contributed by atoms with van der Waals surface area (Å²) in [4.78, 5) is 0. The molecule has 0 aliphatic carbocycles. The van der Waals surface area contributed by atoms with Gasteiger partial charge in [-0.2, -0.15) is 0 Å². The van der Waals surface area contributed by atoms with Crippen molar-refractivity contribution < 1.29 is 4.74 Å². The van der Waals surface area contributed by atoms with Crippen molar-refractivity contribution in [1.82, 2.24) is 0 Å². The third-order valence-corrected chi connectivity index (χ3v) is 3.91. The standard InChI is InChI=1S/C17H13BrO/c1-19-16-11-3-2-8-13(16)14-9-4-6-12-7-5-10-15(18)17(12)14/h2-11H,1H3. The predicted molar refractivity (Wildman–Crippen MR) is 83.6 cm³/mol. The molecule has 0 amide bonds. The number of para-hydroxylation sites is 1. The molecule has 0 saturated heterocycles. The average molecular weight is 313 g/mol. The highest BCUT2D eigenvalue weighted by Gasteiger charge is 2.10. The van der Waals surface area contributed by atoms with Gasteiger partial charge < -0.3 is 4.74 Å². The maximum absolute atomic E-state index is 5.47. The van der Waals surface area contributed by atoms with Crippen LogP contribution in [0.15, 0.2) is 65.1 Å². The molecule has 0 bridgehead atoms. The number of methoxy groups -OCH3 is 1. The van der Waals surface area contributed by atoms with Crippen molar-refractivity contribution >= 4 is 26.7 Å². The van der Waals surface area contributed by atoms with Crippen LogP contribution in [0.25, 0.3) is 21.9 Å². The van der Waals surface area contributed by atoms with Crippen molar-refractivity contribution in [3.63, 3.8) is 0 Å². The molecule has 3 aromatic rings. The highest BCUT2D eigenvalue weighted by molar-refractivity contribution is 9.10. The second-order valence-corrected chi connectivity index (χ2v) is 5.20. The van der Waals surface area contributed by atoms with E-state index >= 15 is 0 Å². The van der Waals surface area contributed by atoms with Crippen molar-refractivity contribution in [2.75, 3.05) is 7.11 Å². The number of halogens is 1. The first-order valence-electron chi connectivity index (χ1n) is 6.12. The molecule has 0 atom stereocenters. The first-order valence-corrected chi connectivity index (χ1v) is 6.91. The Hall–Kier alpha value is -1.80. The van der Waals surface area contributed by atoms with Crippen LogP contribution in [0.1, 0.15) is 0 Å². The van der Waals surface area contributed by atoms with E-state index in [0.29, 0.717) is 0 Å². The summed E-state index contributed by atoms with van der Waals surface area (Å²) < 4.78 is 6.58. The number of rotatable bonds is 2. The first kappa shape index (κ1) is 12.2. The zero-order valence-electron chi connectivity index (χ0n) is 10.6. The lowest BCUT2D eigenvalue weighted by atomic mass is 9.98. The van der Waals surface area contributed by atoms with Crippen molar-refractivity contribution in [2.45, 2.75) is 0 Å². The van der Waals surface area contributed by atoms with E-state index in [1.165, 1.54) is 16.3 Å².